The van der Waals surface area contributed by atoms with Crippen LogP contribution in [-0.4, -0.2) is 16.8 Å². The van der Waals surface area contributed by atoms with E-state index in [2.05, 4.69) is 37.3 Å². The molecule has 108 valence electrons. The molecule has 1 aliphatic rings. The van der Waals surface area contributed by atoms with E-state index in [1.54, 1.807) is 0 Å². The maximum atomic E-state index is 12.6. The van der Waals surface area contributed by atoms with Gasteiger partial charge in [-0.1, -0.05) is 48.5 Å². The van der Waals surface area contributed by atoms with Gasteiger partial charge in [0.15, 0.2) is 0 Å². The summed E-state index contributed by atoms with van der Waals surface area (Å²) in [6, 6.07) is 16.9. The molecule has 0 bridgehead atoms. The predicted octanol–water partition coefficient (Wildman–Crippen LogP) is 3.97. The third-order valence-electron chi connectivity index (χ3n) is 4.40. The Labute approximate surface area is 126 Å². The predicted molar refractivity (Wildman–Crippen MR) is 85.3 cm³/mol. The Hall–Kier alpha value is -2.09. The van der Waals surface area contributed by atoms with Crippen LogP contribution in [0.25, 0.3) is 0 Å². The van der Waals surface area contributed by atoms with Crippen LogP contribution in [0.2, 0.25) is 0 Å². The van der Waals surface area contributed by atoms with Crippen molar-refractivity contribution in [2.24, 2.45) is 0 Å². The van der Waals surface area contributed by atoms with Gasteiger partial charge in [-0.15, -0.1) is 0 Å². The minimum atomic E-state index is 0.198. The number of carbonyl (C=O) groups is 1. The van der Waals surface area contributed by atoms with Gasteiger partial charge in [0.25, 0.3) is 5.91 Å². The molecule has 2 aromatic carbocycles. The fraction of sp³-hybridized carbons (Fsp3) is 0.316. The number of benzene rings is 2. The lowest BCUT2D eigenvalue weighted by Gasteiger charge is -2.24. The van der Waals surface area contributed by atoms with Gasteiger partial charge in [-0.25, -0.2) is 0 Å². The van der Waals surface area contributed by atoms with Crippen LogP contribution < -0.4 is 0 Å². The molecule has 3 rings (SSSR count). The molecule has 0 aromatic heterocycles. The molecule has 21 heavy (non-hydrogen) atoms. The SMILES string of the molecule is Cc1cccc2c1C(=O)N(C(C)CCc1ccccc1)C2. The smallest absolute Gasteiger partial charge is 0.255 e. The maximum absolute atomic E-state index is 12.6. The van der Waals surface area contributed by atoms with Crippen molar-refractivity contribution in [3.05, 3.63) is 70.8 Å². The third kappa shape index (κ3) is 2.71. The molecule has 1 unspecified atom stereocenters. The van der Waals surface area contributed by atoms with E-state index < -0.39 is 0 Å². The molecule has 0 fully saturated rings. The minimum Gasteiger partial charge on any atom is -0.332 e. The molecule has 0 saturated carbocycles. The molecule has 1 atom stereocenters. The molecule has 2 aromatic rings. The highest BCUT2D eigenvalue weighted by Gasteiger charge is 2.31. The first kappa shape index (κ1) is 13.9. The number of rotatable bonds is 4. The number of amides is 1. The Bertz CT molecular complexity index is 648. The standard InChI is InChI=1S/C19H21NO/c1-14-7-6-10-17-13-20(19(21)18(14)17)15(2)11-12-16-8-4-3-5-9-16/h3-10,15H,11-13H2,1-2H3. The molecule has 1 aliphatic heterocycles. The van der Waals surface area contributed by atoms with Crippen molar-refractivity contribution >= 4 is 5.91 Å². The van der Waals surface area contributed by atoms with Crippen LogP contribution in [0.5, 0.6) is 0 Å². The number of carbonyl (C=O) groups excluding carboxylic acids is 1. The van der Waals surface area contributed by atoms with Gasteiger partial charge in [-0.05, 0) is 43.4 Å². The van der Waals surface area contributed by atoms with Gasteiger partial charge in [-0.2, -0.15) is 0 Å². The number of hydrogen-bond acceptors (Lipinski definition) is 1. The highest BCUT2D eigenvalue weighted by molar-refractivity contribution is 5.99. The summed E-state index contributed by atoms with van der Waals surface area (Å²) in [5.74, 6) is 0.198. The van der Waals surface area contributed by atoms with Crippen LogP contribution in [0.15, 0.2) is 48.5 Å². The van der Waals surface area contributed by atoms with E-state index in [1.165, 1.54) is 11.1 Å². The third-order valence-corrected chi connectivity index (χ3v) is 4.40. The van der Waals surface area contributed by atoms with Crippen molar-refractivity contribution in [2.45, 2.75) is 39.3 Å². The summed E-state index contributed by atoms with van der Waals surface area (Å²) in [7, 11) is 0. The normalized spacial score (nSPS) is 15.1. The van der Waals surface area contributed by atoms with Gasteiger partial charge in [0.1, 0.15) is 0 Å². The van der Waals surface area contributed by atoms with Gasteiger partial charge < -0.3 is 4.90 Å². The summed E-state index contributed by atoms with van der Waals surface area (Å²) in [6.45, 7) is 4.93. The Morgan fingerprint density at radius 1 is 1.10 bits per heavy atom. The number of nitrogens with zero attached hydrogens (tertiary/aromatic N) is 1. The van der Waals surface area contributed by atoms with Crippen LogP contribution in [0.4, 0.5) is 0 Å². The van der Waals surface area contributed by atoms with Crippen LogP contribution in [-0.2, 0) is 13.0 Å². The summed E-state index contributed by atoms with van der Waals surface area (Å²) in [4.78, 5) is 14.6. The topological polar surface area (TPSA) is 20.3 Å². The van der Waals surface area contributed by atoms with Crippen molar-refractivity contribution in [3.8, 4) is 0 Å². The largest absolute Gasteiger partial charge is 0.332 e. The highest BCUT2D eigenvalue weighted by atomic mass is 16.2. The summed E-state index contributed by atoms with van der Waals surface area (Å²) in [5.41, 5.74) is 4.52. The van der Waals surface area contributed by atoms with Crippen LogP contribution >= 0.6 is 0 Å². The lowest BCUT2D eigenvalue weighted by atomic mass is 10.0. The van der Waals surface area contributed by atoms with Crippen LogP contribution in [0.1, 0.15) is 40.4 Å². The average molecular weight is 279 g/mol. The molecular weight excluding hydrogens is 258 g/mol. The number of fused-ring (bicyclic) bond motifs is 1. The van der Waals surface area contributed by atoms with Gasteiger partial charge in [0.05, 0.1) is 0 Å². The summed E-state index contributed by atoms with van der Waals surface area (Å²) >= 11 is 0. The first-order valence-electron chi connectivity index (χ1n) is 7.60. The fourth-order valence-electron chi connectivity index (χ4n) is 3.10. The van der Waals surface area contributed by atoms with E-state index in [4.69, 9.17) is 0 Å². The van der Waals surface area contributed by atoms with Gasteiger partial charge in [-0.3, -0.25) is 4.79 Å². The van der Waals surface area contributed by atoms with E-state index in [0.29, 0.717) is 0 Å². The molecule has 1 amide bonds. The van der Waals surface area contributed by atoms with E-state index in [1.807, 2.05) is 30.0 Å². The van der Waals surface area contributed by atoms with Gasteiger partial charge in [0, 0.05) is 18.2 Å². The number of hydrogen-bond donors (Lipinski definition) is 0. The zero-order valence-electron chi connectivity index (χ0n) is 12.7. The molecular formula is C19H21NO. The quantitative estimate of drug-likeness (QED) is 0.829. The summed E-state index contributed by atoms with van der Waals surface area (Å²) in [6.07, 6.45) is 2.02. The van der Waals surface area contributed by atoms with E-state index in [0.717, 1.165) is 30.5 Å². The molecule has 2 heteroatoms. The van der Waals surface area contributed by atoms with Gasteiger partial charge in [0.2, 0.25) is 0 Å². The zero-order valence-corrected chi connectivity index (χ0v) is 12.7. The molecule has 0 aliphatic carbocycles. The summed E-state index contributed by atoms with van der Waals surface area (Å²) in [5, 5.41) is 0. The number of aryl methyl sites for hydroxylation is 2. The lowest BCUT2D eigenvalue weighted by Crippen LogP contribution is -2.33. The lowest BCUT2D eigenvalue weighted by molar-refractivity contribution is 0.0709. The Balaban J connectivity index is 1.69. The summed E-state index contributed by atoms with van der Waals surface area (Å²) < 4.78 is 0. The zero-order chi connectivity index (χ0) is 14.8. The molecule has 2 nitrogen and oxygen atoms in total. The molecule has 0 N–H and O–H groups in total. The van der Waals surface area contributed by atoms with E-state index in [-0.39, 0.29) is 11.9 Å². The highest BCUT2D eigenvalue weighted by Crippen LogP contribution is 2.28. The molecule has 0 radical (unpaired) electrons. The van der Waals surface area contributed by atoms with Crippen molar-refractivity contribution in [1.29, 1.82) is 0 Å². The second-order valence-electron chi connectivity index (χ2n) is 5.92. The van der Waals surface area contributed by atoms with E-state index in [9.17, 15) is 4.79 Å². The van der Waals surface area contributed by atoms with Crippen molar-refractivity contribution in [1.82, 2.24) is 4.90 Å². The second kappa shape index (κ2) is 5.72. The molecule has 1 heterocycles. The Morgan fingerprint density at radius 3 is 2.57 bits per heavy atom. The van der Waals surface area contributed by atoms with Crippen molar-refractivity contribution in [3.63, 3.8) is 0 Å². The van der Waals surface area contributed by atoms with E-state index >= 15 is 0 Å². The maximum Gasteiger partial charge on any atom is 0.255 e. The average Bonchev–Trinajstić information content (AvgIpc) is 2.84. The van der Waals surface area contributed by atoms with Crippen LogP contribution in [0.3, 0.4) is 0 Å². The van der Waals surface area contributed by atoms with Crippen molar-refractivity contribution < 1.29 is 4.79 Å². The van der Waals surface area contributed by atoms with Gasteiger partial charge >= 0.3 is 0 Å². The van der Waals surface area contributed by atoms with Crippen molar-refractivity contribution in [2.75, 3.05) is 0 Å². The first-order valence-corrected chi connectivity index (χ1v) is 7.60. The monoisotopic (exact) mass is 279 g/mol. The molecule has 0 saturated heterocycles. The molecule has 0 spiro atoms. The second-order valence-corrected chi connectivity index (χ2v) is 5.92. The Kier molecular flexibility index (Phi) is 3.78. The Morgan fingerprint density at radius 2 is 1.86 bits per heavy atom. The first-order chi connectivity index (χ1) is 10.2. The van der Waals surface area contributed by atoms with Crippen LogP contribution in [0, 0.1) is 6.92 Å². The minimum absolute atomic E-state index is 0.198. The fourth-order valence-corrected chi connectivity index (χ4v) is 3.10.